The van der Waals surface area contributed by atoms with E-state index in [0.717, 1.165) is 28.8 Å². The number of pyridine rings is 1. The smallest absolute Gasteiger partial charge is 0.475 e. The van der Waals surface area contributed by atoms with Crippen molar-refractivity contribution in [2.75, 3.05) is 13.1 Å². The van der Waals surface area contributed by atoms with E-state index in [1.54, 1.807) is 18.2 Å². The first kappa shape index (κ1) is 25.8. The second-order valence-electron chi connectivity index (χ2n) is 8.51. The summed E-state index contributed by atoms with van der Waals surface area (Å²) in [5.74, 6) is -3.34. The van der Waals surface area contributed by atoms with Crippen LogP contribution in [-0.4, -0.2) is 63.7 Å². The van der Waals surface area contributed by atoms with E-state index in [-0.39, 0.29) is 5.92 Å². The fourth-order valence-electron chi connectivity index (χ4n) is 4.50. The van der Waals surface area contributed by atoms with Gasteiger partial charge in [-0.25, -0.2) is 18.2 Å². The third kappa shape index (κ3) is 5.12. The van der Waals surface area contributed by atoms with Crippen molar-refractivity contribution < 1.29 is 35.9 Å². The molecule has 0 radical (unpaired) electrons. The summed E-state index contributed by atoms with van der Waals surface area (Å²) in [7, 11) is -3.35. The molecule has 2 aromatic heterocycles. The molecule has 0 saturated carbocycles. The van der Waals surface area contributed by atoms with Gasteiger partial charge in [0.25, 0.3) is 0 Å². The lowest BCUT2D eigenvalue weighted by Crippen LogP contribution is -2.25. The molecule has 0 spiro atoms. The number of hydrogen-bond donors (Lipinski definition) is 1. The molecule has 2 aliphatic rings. The van der Waals surface area contributed by atoms with Crippen LogP contribution in [-0.2, 0) is 27.7 Å². The maximum atomic E-state index is 13.1. The standard InChI is InChI=1S/C21H21FN4O2S.C2HF3O2/c1-2-26-11-14(8-24-26)10-25-12-18-17-7-15(16-4-6-21(22)23-9-16)3-5-19(17)29(27,28)20(18)13-25;3-2(4,5)1(6)7/h3-9,11,18,20H,2,10,12-13H2,1H3;(H,6,7). The summed E-state index contributed by atoms with van der Waals surface area (Å²) in [6.45, 7) is 4.76. The topological polar surface area (TPSA) is 105 Å². The van der Waals surface area contributed by atoms with Gasteiger partial charge in [0.1, 0.15) is 0 Å². The highest BCUT2D eigenvalue weighted by molar-refractivity contribution is 7.92. The second kappa shape index (κ2) is 9.62. The minimum Gasteiger partial charge on any atom is -0.475 e. The van der Waals surface area contributed by atoms with Crippen LogP contribution in [0.4, 0.5) is 17.6 Å². The summed E-state index contributed by atoms with van der Waals surface area (Å²) in [6, 6.07) is 8.39. The Labute approximate surface area is 204 Å². The zero-order chi connectivity index (χ0) is 26.3. The van der Waals surface area contributed by atoms with E-state index in [1.807, 2.05) is 30.1 Å². The van der Waals surface area contributed by atoms with Crippen molar-refractivity contribution in [3.8, 4) is 11.1 Å². The number of fused-ring (bicyclic) bond motifs is 3. The lowest BCUT2D eigenvalue weighted by Gasteiger charge is -2.16. The van der Waals surface area contributed by atoms with E-state index in [1.165, 1.54) is 12.3 Å². The van der Waals surface area contributed by atoms with Crippen LogP contribution >= 0.6 is 0 Å². The number of nitrogens with zero attached hydrogens (tertiary/aromatic N) is 4. The summed E-state index contributed by atoms with van der Waals surface area (Å²) in [5.41, 5.74) is 3.59. The first-order chi connectivity index (χ1) is 16.9. The van der Waals surface area contributed by atoms with Crippen LogP contribution in [0.3, 0.4) is 0 Å². The molecular weight excluding hydrogens is 504 g/mol. The molecule has 1 aromatic carbocycles. The van der Waals surface area contributed by atoms with Crippen molar-refractivity contribution in [3.05, 3.63) is 66.0 Å². The van der Waals surface area contributed by atoms with Gasteiger partial charge < -0.3 is 5.11 Å². The van der Waals surface area contributed by atoms with E-state index in [4.69, 9.17) is 9.90 Å². The Morgan fingerprint density at radius 3 is 2.42 bits per heavy atom. The predicted octanol–water partition coefficient (Wildman–Crippen LogP) is 3.49. The number of alkyl halides is 3. The van der Waals surface area contributed by atoms with Crippen molar-refractivity contribution in [1.82, 2.24) is 19.7 Å². The molecule has 192 valence electrons. The third-order valence-electron chi connectivity index (χ3n) is 6.18. The number of likely N-dealkylation sites (tertiary alicyclic amines) is 1. The van der Waals surface area contributed by atoms with Gasteiger partial charge in [0.2, 0.25) is 5.95 Å². The SMILES string of the molecule is CCn1cc(CN2CC3c4cc(-c5ccc(F)nc5)ccc4S(=O)(=O)C3C2)cn1.O=C(O)C(F)(F)F. The van der Waals surface area contributed by atoms with Crippen LogP contribution < -0.4 is 0 Å². The molecule has 0 aliphatic carbocycles. The summed E-state index contributed by atoms with van der Waals surface area (Å²) < 4.78 is 73.0. The number of carboxylic acid groups (broad SMARTS) is 1. The molecule has 8 nitrogen and oxygen atoms in total. The molecule has 1 fully saturated rings. The third-order valence-corrected chi connectivity index (χ3v) is 8.44. The van der Waals surface area contributed by atoms with Gasteiger partial charge in [0.15, 0.2) is 9.84 Å². The van der Waals surface area contributed by atoms with Gasteiger partial charge in [-0.15, -0.1) is 0 Å². The number of carboxylic acids is 1. The molecule has 36 heavy (non-hydrogen) atoms. The number of carbonyl (C=O) groups is 1. The zero-order valence-corrected chi connectivity index (χ0v) is 19.8. The number of sulfone groups is 1. The monoisotopic (exact) mass is 526 g/mol. The minimum atomic E-state index is -5.08. The zero-order valence-electron chi connectivity index (χ0n) is 19.0. The van der Waals surface area contributed by atoms with Gasteiger partial charge in [-0.3, -0.25) is 9.58 Å². The quantitative estimate of drug-likeness (QED) is 0.410. The van der Waals surface area contributed by atoms with E-state index in [9.17, 15) is 26.0 Å². The lowest BCUT2D eigenvalue weighted by molar-refractivity contribution is -0.192. The van der Waals surface area contributed by atoms with Crippen LogP contribution in [0.15, 0.2) is 53.8 Å². The normalized spacial score (nSPS) is 20.4. The average Bonchev–Trinajstić information content (AvgIpc) is 3.50. The van der Waals surface area contributed by atoms with E-state index < -0.39 is 33.2 Å². The Hall–Kier alpha value is -3.32. The molecule has 1 saturated heterocycles. The first-order valence-corrected chi connectivity index (χ1v) is 12.5. The molecular formula is C23H22F4N4O4S. The van der Waals surface area contributed by atoms with Gasteiger partial charge in [0, 0.05) is 55.6 Å². The van der Waals surface area contributed by atoms with Crippen LogP contribution in [0.1, 0.15) is 24.0 Å². The van der Waals surface area contributed by atoms with Crippen molar-refractivity contribution in [2.45, 2.75) is 42.3 Å². The van der Waals surface area contributed by atoms with Crippen molar-refractivity contribution in [2.24, 2.45) is 0 Å². The minimum absolute atomic E-state index is 0.0513. The van der Waals surface area contributed by atoms with Gasteiger partial charge in [-0.05, 0) is 42.3 Å². The van der Waals surface area contributed by atoms with Crippen molar-refractivity contribution in [3.63, 3.8) is 0 Å². The van der Waals surface area contributed by atoms with Gasteiger partial charge in [-0.2, -0.15) is 22.7 Å². The molecule has 1 N–H and O–H groups in total. The summed E-state index contributed by atoms with van der Waals surface area (Å²) >= 11 is 0. The Morgan fingerprint density at radius 2 is 1.83 bits per heavy atom. The van der Waals surface area contributed by atoms with Gasteiger partial charge in [0.05, 0.1) is 16.3 Å². The largest absolute Gasteiger partial charge is 0.490 e. The Balaban J connectivity index is 0.000000384. The van der Waals surface area contributed by atoms with Crippen LogP contribution in [0.2, 0.25) is 0 Å². The number of hydrogen-bond acceptors (Lipinski definition) is 6. The van der Waals surface area contributed by atoms with E-state index in [2.05, 4.69) is 15.0 Å². The number of rotatable bonds is 4. The molecule has 0 bridgehead atoms. The fourth-order valence-corrected chi connectivity index (χ4v) is 6.69. The highest BCUT2D eigenvalue weighted by Crippen LogP contribution is 2.46. The first-order valence-electron chi connectivity index (χ1n) is 10.9. The molecule has 13 heteroatoms. The molecule has 0 amide bonds. The molecule has 2 unspecified atom stereocenters. The van der Waals surface area contributed by atoms with Gasteiger partial charge >= 0.3 is 12.1 Å². The van der Waals surface area contributed by atoms with Gasteiger partial charge in [-0.1, -0.05) is 6.07 Å². The predicted molar refractivity (Wildman–Crippen MR) is 120 cm³/mol. The lowest BCUT2D eigenvalue weighted by atomic mass is 9.95. The second-order valence-corrected chi connectivity index (χ2v) is 10.6. The van der Waals surface area contributed by atoms with Crippen LogP contribution in [0.5, 0.6) is 0 Å². The molecule has 4 heterocycles. The highest BCUT2D eigenvalue weighted by atomic mass is 32.2. The highest BCUT2D eigenvalue weighted by Gasteiger charge is 2.50. The average molecular weight is 527 g/mol. The van der Waals surface area contributed by atoms with Crippen LogP contribution in [0.25, 0.3) is 11.1 Å². The Kier molecular flexibility index (Phi) is 6.88. The number of halogens is 4. The summed E-state index contributed by atoms with van der Waals surface area (Å²) in [6.07, 6.45) is 0.250. The molecule has 5 rings (SSSR count). The Morgan fingerprint density at radius 1 is 1.14 bits per heavy atom. The number of aliphatic carboxylic acids is 1. The number of benzene rings is 1. The maximum Gasteiger partial charge on any atom is 0.490 e. The Bertz CT molecular complexity index is 1370. The maximum absolute atomic E-state index is 13.1. The fraction of sp³-hybridized carbons (Fsp3) is 0.348. The molecule has 3 aromatic rings. The van der Waals surface area contributed by atoms with E-state index >= 15 is 0 Å². The van der Waals surface area contributed by atoms with E-state index in [0.29, 0.717) is 24.5 Å². The molecule has 2 aliphatic heterocycles. The summed E-state index contributed by atoms with van der Waals surface area (Å²) in [5, 5.41) is 11.0. The summed E-state index contributed by atoms with van der Waals surface area (Å²) in [4.78, 5) is 15.2. The van der Waals surface area contributed by atoms with Crippen molar-refractivity contribution >= 4 is 15.8 Å². The molecule has 2 atom stereocenters. The van der Waals surface area contributed by atoms with Crippen molar-refractivity contribution in [1.29, 1.82) is 0 Å². The number of aromatic nitrogens is 3. The van der Waals surface area contributed by atoms with Crippen LogP contribution in [0, 0.1) is 5.95 Å². The number of aryl methyl sites for hydroxylation is 1.